The van der Waals surface area contributed by atoms with Crippen LogP contribution in [0.1, 0.15) is 18.7 Å². The van der Waals surface area contributed by atoms with E-state index in [1.165, 1.54) is 0 Å². The van der Waals surface area contributed by atoms with Crippen LogP contribution in [0, 0.1) is 0 Å². The summed E-state index contributed by atoms with van der Waals surface area (Å²) in [4.78, 5) is 4.30. The van der Waals surface area contributed by atoms with Gasteiger partial charge in [0.2, 0.25) is 0 Å². The molecule has 0 unspecified atom stereocenters. The van der Waals surface area contributed by atoms with Crippen molar-refractivity contribution in [2.24, 2.45) is 0 Å². The highest BCUT2D eigenvalue weighted by Gasteiger charge is 2.11. The highest BCUT2D eigenvalue weighted by Crippen LogP contribution is 2.25. The van der Waals surface area contributed by atoms with Crippen molar-refractivity contribution < 1.29 is 4.42 Å². The summed E-state index contributed by atoms with van der Waals surface area (Å²) in [5.41, 5.74) is 0.912. The molecule has 1 aromatic carbocycles. The van der Waals surface area contributed by atoms with Gasteiger partial charge in [0.05, 0.1) is 6.04 Å². The number of halogens is 1. The summed E-state index contributed by atoms with van der Waals surface area (Å²) < 4.78 is 6.79. The molecule has 3 rings (SSSR count). The first kappa shape index (κ1) is 12.2. The molecule has 1 atom stereocenters. The molecule has 0 aliphatic carbocycles. The summed E-state index contributed by atoms with van der Waals surface area (Å²) in [5, 5.41) is 4.44. The normalized spacial score (nSPS) is 12.5. The van der Waals surface area contributed by atoms with Crippen molar-refractivity contribution in [2.75, 3.05) is 5.32 Å². The maximum Gasteiger partial charge on any atom is 0.134 e. The number of hydrogen-bond donors (Lipinski definition) is 1. The van der Waals surface area contributed by atoms with E-state index in [0.717, 1.165) is 27.0 Å². The number of anilines is 1. The molecule has 0 radical (unpaired) electrons. The lowest BCUT2D eigenvalue weighted by Gasteiger charge is -2.11. The Labute approximate surface area is 119 Å². The Bertz CT molecular complexity index is 658. The third-order valence-electron chi connectivity index (χ3n) is 2.96. The number of fused-ring (bicyclic) bond motifs is 1. The average Bonchev–Trinajstić information content (AvgIpc) is 2.85. The second-order valence-electron chi connectivity index (χ2n) is 4.41. The lowest BCUT2D eigenvalue weighted by Crippen LogP contribution is -2.06. The minimum atomic E-state index is 0.0704. The number of benzene rings is 1. The molecule has 0 saturated carbocycles. The van der Waals surface area contributed by atoms with Gasteiger partial charge in [-0.25, -0.2) is 4.98 Å². The van der Waals surface area contributed by atoms with Gasteiger partial charge in [0, 0.05) is 16.1 Å². The number of aromatic nitrogens is 1. The van der Waals surface area contributed by atoms with Gasteiger partial charge in [-0.15, -0.1) is 0 Å². The summed E-state index contributed by atoms with van der Waals surface area (Å²) >= 11 is 3.37. The summed E-state index contributed by atoms with van der Waals surface area (Å²) in [5.74, 6) is 1.74. The van der Waals surface area contributed by atoms with E-state index in [0.29, 0.717) is 0 Å². The second kappa shape index (κ2) is 5.05. The van der Waals surface area contributed by atoms with Crippen molar-refractivity contribution in [2.45, 2.75) is 13.0 Å². The van der Waals surface area contributed by atoms with E-state index in [9.17, 15) is 0 Å². The first-order valence-electron chi connectivity index (χ1n) is 6.09. The Balaban J connectivity index is 1.83. The Kier molecular flexibility index (Phi) is 3.25. The minimum Gasteiger partial charge on any atom is -0.459 e. The SMILES string of the molecule is C[C@@H](Nc1ccc(Br)cn1)c1cc2ccccc2o1. The van der Waals surface area contributed by atoms with Gasteiger partial charge in [0.25, 0.3) is 0 Å². The molecule has 2 aromatic heterocycles. The zero-order valence-electron chi connectivity index (χ0n) is 10.4. The molecule has 19 heavy (non-hydrogen) atoms. The Hall–Kier alpha value is -1.81. The number of rotatable bonds is 3. The van der Waals surface area contributed by atoms with Crippen LogP contribution in [0.2, 0.25) is 0 Å². The lowest BCUT2D eigenvalue weighted by molar-refractivity contribution is 0.525. The maximum absolute atomic E-state index is 5.83. The molecule has 0 bridgehead atoms. The van der Waals surface area contributed by atoms with Gasteiger partial charge in [0.15, 0.2) is 0 Å². The fraction of sp³-hybridized carbons (Fsp3) is 0.133. The second-order valence-corrected chi connectivity index (χ2v) is 5.33. The third-order valence-corrected chi connectivity index (χ3v) is 3.43. The smallest absolute Gasteiger partial charge is 0.134 e. The molecule has 1 N–H and O–H groups in total. The van der Waals surface area contributed by atoms with Crippen molar-refractivity contribution in [1.82, 2.24) is 4.98 Å². The number of furan rings is 1. The van der Waals surface area contributed by atoms with E-state index in [4.69, 9.17) is 4.42 Å². The molecule has 4 heteroatoms. The zero-order valence-corrected chi connectivity index (χ0v) is 12.0. The van der Waals surface area contributed by atoms with Crippen LogP contribution in [0.25, 0.3) is 11.0 Å². The van der Waals surface area contributed by atoms with Gasteiger partial charge >= 0.3 is 0 Å². The van der Waals surface area contributed by atoms with Gasteiger partial charge in [-0.05, 0) is 47.1 Å². The van der Waals surface area contributed by atoms with Crippen LogP contribution < -0.4 is 5.32 Å². The van der Waals surface area contributed by atoms with E-state index in [1.54, 1.807) is 6.20 Å². The molecule has 96 valence electrons. The van der Waals surface area contributed by atoms with Crippen LogP contribution in [0.5, 0.6) is 0 Å². The van der Waals surface area contributed by atoms with E-state index in [-0.39, 0.29) is 6.04 Å². The van der Waals surface area contributed by atoms with Gasteiger partial charge in [0.1, 0.15) is 17.2 Å². The third kappa shape index (κ3) is 2.63. The van der Waals surface area contributed by atoms with E-state index in [1.807, 2.05) is 36.4 Å². The largest absolute Gasteiger partial charge is 0.459 e. The van der Waals surface area contributed by atoms with E-state index < -0.39 is 0 Å². The van der Waals surface area contributed by atoms with Crippen LogP contribution >= 0.6 is 15.9 Å². The monoisotopic (exact) mass is 316 g/mol. The molecular weight excluding hydrogens is 304 g/mol. The van der Waals surface area contributed by atoms with Crippen molar-refractivity contribution in [3.63, 3.8) is 0 Å². The van der Waals surface area contributed by atoms with Crippen molar-refractivity contribution >= 4 is 32.7 Å². The lowest BCUT2D eigenvalue weighted by atomic mass is 10.2. The highest BCUT2D eigenvalue weighted by atomic mass is 79.9. The summed E-state index contributed by atoms with van der Waals surface area (Å²) in [6.45, 7) is 2.06. The molecule has 0 aliphatic rings. The fourth-order valence-electron chi connectivity index (χ4n) is 1.97. The van der Waals surface area contributed by atoms with E-state index >= 15 is 0 Å². The van der Waals surface area contributed by atoms with Crippen LogP contribution in [0.15, 0.2) is 57.6 Å². The molecule has 3 aromatic rings. The molecule has 0 amide bonds. The highest BCUT2D eigenvalue weighted by molar-refractivity contribution is 9.10. The molecule has 2 heterocycles. The van der Waals surface area contributed by atoms with Crippen LogP contribution in [-0.2, 0) is 0 Å². The molecule has 0 aliphatic heterocycles. The Morgan fingerprint density at radius 1 is 1.21 bits per heavy atom. The predicted molar refractivity (Wildman–Crippen MR) is 80.2 cm³/mol. The number of nitrogens with one attached hydrogen (secondary N) is 1. The molecule has 0 spiro atoms. The molecule has 0 saturated heterocycles. The van der Waals surface area contributed by atoms with Crippen molar-refractivity contribution in [3.05, 3.63) is 58.9 Å². The van der Waals surface area contributed by atoms with Gasteiger partial charge < -0.3 is 9.73 Å². The number of pyridine rings is 1. The van der Waals surface area contributed by atoms with Crippen molar-refractivity contribution in [1.29, 1.82) is 0 Å². The first-order chi connectivity index (χ1) is 9.22. The molecular formula is C15H13BrN2O. The Morgan fingerprint density at radius 3 is 2.79 bits per heavy atom. The number of hydrogen-bond acceptors (Lipinski definition) is 3. The first-order valence-corrected chi connectivity index (χ1v) is 6.88. The fourth-order valence-corrected chi connectivity index (χ4v) is 2.20. The topological polar surface area (TPSA) is 38.1 Å². The molecule has 0 fully saturated rings. The van der Waals surface area contributed by atoms with Gasteiger partial charge in [-0.3, -0.25) is 0 Å². The Morgan fingerprint density at radius 2 is 2.05 bits per heavy atom. The van der Waals surface area contributed by atoms with E-state index in [2.05, 4.69) is 39.2 Å². The van der Waals surface area contributed by atoms with Gasteiger partial charge in [-0.1, -0.05) is 18.2 Å². The van der Waals surface area contributed by atoms with Crippen LogP contribution in [0.3, 0.4) is 0 Å². The van der Waals surface area contributed by atoms with Crippen LogP contribution in [0.4, 0.5) is 5.82 Å². The average molecular weight is 317 g/mol. The number of nitrogens with zero attached hydrogens (tertiary/aromatic N) is 1. The van der Waals surface area contributed by atoms with Crippen molar-refractivity contribution in [3.8, 4) is 0 Å². The summed E-state index contributed by atoms with van der Waals surface area (Å²) in [6.07, 6.45) is 1.77. The minimum absolute atomic E-state index is 0.0704. The van der Waals surface area contributed by atoms with Gasteiger partial charge in [-0.2, -0.15) is 0 Å². The number of para-hydroxylation sites is 1. The standard InChI is InChI=1S/C15H13BrN2O/c1-10(18-15-7-6-12(16)9-17-15)14-8-11-4-2-3-5-13(11)19-14/h2-10H,1H3,(H,17,18)/t10-/m1/s1. The zero-order chi connectivity index (χ0) is 13.2. The molecule has 3 nitrogen and oxygen atoms in total. The van der Waals surface area contributed by atoms with Crippen LogP contribution in [-0.4, -0.2) is 4.98 Å². The predicted octanol–water partition coefficient (Wildman–Crippen LogP) is 4.76. The summed E-state index contributed by atoms with van der Waals surface area (Å²) in [6, 6.07) is 14.0. The quantitative estimate of drug-likeness (QED) is 0.756. The summed E-state index contributed by atoms with van der Waals surface area (Å²) in [7, 11) is 0. The maximum atomic E-state index is 5.83.